The lowest BCUT2D eigenvalue weighted by atomic mass is 10.1. The number of hydrogen-bond acceptors (Lipinski definition) is 3. The van der Waals surface area contributed by atoms with E-state index in [4.69, 9.17) is 5.11 Å². The smallest absolute Gasteiger partial charge is 0.0606 e. The fraction of sp³-hybridized carbons (Fsp3) is 0.625. The molecule has 0 unspecified atom stereocenters. The van der Waals surface area contributed by atoms with Crippen LogP contribution in [-0.2, 0) is 6.54 Å². The van der Waals surface area contributed by atoms with Crippen molar-refractivity contribution < 1.29 is 5.11 Å². The molecule has 0 fully saturated rings. The van der Waals surface area contributed by atoms with Crippen molar-refractivity contribution in [3.05, 3.63) is 29.3 Å². The standard InChI is InChI=1S/C16H28N2O/c1-5-8-18(9-10-19)16-7-6-15(14(4)11-16)12-17-13(2)3/h6-7,11,13,17,19H,5,8-10,12H2,1-4H3. The van der Waals surface area contributed by atoms with Crippen molar-refractivity contribution in [2.75, 3.05) is 24.6 Å². The molecule has 1 aromatic rings. The molecule has 108 valence electrons. The normalized spacial score (nSPS) is 11.1. The van der Waals surface area contributed by atoms with Gasteiger partial charge in [0.15, 0.2) is 0 Å². The number of nitrogens with one attached hydrogen (secondary N) is 1. The van der Waals surface area contributed by atoms with E-state index in [0.29, 0.717) is 12.6 Å². The van der Waals surface area contributed by atoms with Gasteiger partial charge < -0.3 is 15.3 Å². The maximum absolute atomic E-state index is 9.14. The van der Waals surface area contributed by atoms with Crippen molar-refractivity contribution in [1.29, 1.82) is 0 Å². The summed E-state index contributed by atoms with van der Waals surface area (Å²) in [7, 11) is 0. The highest BCUT2D eigenvalue weighted by atomic mass is 16.3. The fourth-order valence-corrected chi connectivity index (χ4v) is 2.15. The lowest BCUT2D eigenvalue weighted by Crippen LogP contribution is -2.27. The Hall–Kier alpha value is -1.06. The number of anilines is 1. The van der Waals surface area contributed by atoms with E-state index < -0.39 is 0 Å². The van der Waals surface area contributed by atoms with Crippen LogP contribution in [0.5, 0.6) is 0 Å². The first-order valence-electron chi connectivity index (χ1n) is 7.27. The third-order valence-corrected chi connectivity index (χ3v) is 3.26. The largest absolute Gasteiger partial charge is 0.395 e. The number of aliphatic hydroxyl groups is 1. The second kappa shape index (κ2) is 8.18. The predicted molar refractivity (Wildman–Crippen MR) is 82.7 cm³/mol. The highest BCUT2D eigenvalue weighted by Gasteiger charge is 2.07. The van der Waals surface area contributed by atoms with Gasteiger partial charge in [-0.3, -0.25) is 0 Å². The fourth-order valence-electron chi connectivity index (χ4n) is 2.15. The summed E-state index contributed by atoms with van der Waals surface area (Å²) in [6.07, 6.45) is 1.09. The summed E-state index contributed by atoms with van der Waals surface area (Å²) in [4.78, 5) is 2.24. The Bertz CT molecular complexity index is 371. The van der Waals surface area contributed by atoms with E-state index in [9.17, 15) is 0 Å². The molecule has 0 amide bonds. The average Bonchev–Trinajstić information content (AvgIpc) is 2.37. The van der Waals surface area contributed by atoms with Gasteiger partial charge in [0, 0.05) is 31.4 Å². The molecule has 0 spiro atoms. The van der Waals surface area contributed by atoms with Gasteiger partial charge in [-0.1, -0.05) is 26.8 Å². The molecule has 0 saturated heterocycles. The van der Waals surface area contributed by atoms with E-state index in [1.54, 1.807) is 0 Å². The minimum absolute atomic E-state index is 0.204. The van der Waals surface area contributed by atoms with Crippen LogP contribution in [0.15, 0.2) is 18.2 Å². The van der Waals surface area contributed by atoms with Crippen molar-refractivity contribution in [3.63, 3.8) is 0 Å². The van der Waals surface area contributed by atoms with Gasteiger partial charge in [-0.25, -0.2) is 0 Å². The van der Waals surface area contributed by atoms with Gasteiger partial charge in [0.25, 0.3) is 0 Å². The Labute approximate surface area is 117 Å². The number of benzene rings is 1. The maximum Gasteiger partial charge on any atom is 0.0606 e. The van der Waals surface area contributed by atoms with E-state index in [-0.39, 0.29) is 6.61 Å². The number of hydrogen-bond donors (Lipinski definition) is 2. The first kappa shape index (κ1) is 16.0. The number of rotatable bonds is 8. The van der Waals surface area contributed by atoms with Crippen molar-refractivity contribution in [2.24, 2.45) is 0 Å². The number of nitrogens with zero attached hydrogens (tertiary/aromatic N) is 1. The van der Waals surface area contributed by atoms with Gasteiger partial charge in [0.2, 0.25) is 0 Å². The minimum Gasteiger partial charge on any atom is -0.395 e. The second-order valence-electron chi connectivity index (χ2n) is 5.36. The minimum atomic E-state index is 0.204. The topological polar surface area (TPSA) is 35.5 Å². The van der Waals surface area contributed by atoms with Gasteiger partial charge in [-0.05, 0) is 36.6 Å². The maximum atomic E-state index is 9.14. The zero-order chi connectivity index (χ0) is 14.3. The Morgan fingerprint density at radius 3 is 2.53 bits per heavy atom. The van der Waals surface area contributed by atoms with E-state index in [1.165, 1.54) is 16.8 Å². The van der Waals surface area contributed by atoms with Crippen LogP contribution in [0.1, 0.15) is 38.3 Å². The molecule has 3 nitrogen and oxygen atoms in total. The van der Waals surface area contributed by atoms with Crippen molar-refractivity contribution in [1.82, 2.24) is 5.32 Å². The zero-order valence-corrected chi connectivity index (χ0v) is 12.7. The van der Waals surface area contributed by atoms with Crippen molar-refractivity contribution in [2.45, 2.75) is 46.7 Å². The Kier molecular flexibility index (Phi) is 6.89. The van der Waals surface area contributed by atoms with Gasteiger partial charge in [0.1, 0.15) is 0 Å². The lowest BCUT2D eigenvalue weighted by molar-refractivity contribution is 0.302. The van der Waals surface area contributed by atoms with Crippen LogP contribution in [0.2, 0.25) is 0 Å². The van der Waals surface area contributed by atoms with Crippen LogP contribution in [-0.4, -0.2) is 30.8 Å². The summed E-state index contributed by atoms with van der Waals surface area (Å²) in [6.45, 7) is 11.5. The van der Waals surface area contributed by atoms with Crippen LogP contribution in [0.3, 0.4) is 0 Å². The first-order chi connectivity index (χ1) is 9.08. The monoisotopic (exact) mass is 264 g/mol. The lowest BCUT2D eigenvalue weighted by Gasteiger charge is -2.24. The predicted octanol–water partition coefficient (Wildman–Crippen LogP) is 2.70. The summed E-state index contributed by atoms with van der Waals surface area (Å²) in [5.74, 6) is 0. The average molecular weight is 264 g/mol. The van der Waals surface area contributed by atoms with Crippen LogP contribution in [0.25, 0.3) is 0 Å². The summed E-state index contributed by atoms with van der Waals surface area (Å²) in [6, 6.07) is 7.09. The van der Waals surface area contributed by atoms with Gasteiger partial charge in [-0.15, -0.1) is 0 Å². The molecular weight excluding hydrogens is 236 g/mol. The third-order valence-electron chi connectivity index (χ3n) is 3.26. The highest BCUT2D eigenvalue weighted by Crippen LogP contribution is 2.19. The molecule has 3 heteroatoms. The molecule has 0 radical (unpaired) electrons. The van der Waals surface area contributed by atoms with Crippen LogP contribution in [0, 0.1) is 6.92 Å². The van der Waals surface area contributed by atoms with E-state index in [0.717, 1.165) is 19.5 Å². The Balaban J connectivity index is 2.78. The number of aryl methyl sites for hydroxylation is 1. The third kappa shape index (κ3) is 5.21. The van der Waals surface area contributed by atoms with Gasteiger partial charge >= 0.3 is 0 Å². The molecule has 0 aliphatic rings. The highest BCUT2D eigenvalue weighted by molar-refractivity contribution is 5.50. The Morgan fingerprint density at radius 2 is 2.00 bits per heavy atom. The molecule has 0 aromatic heterocycles. The molecule has 19 heavy (non-hydrogen) atoms. The molecule has 2 N–H and O–H groups in total. The molecule has 1 rings (SSSR count). The van der Waals surface area contributed by atoms with Gasteiger partial charge in [0.05, 0.1) is 6.61 Å². The van der Waals surface area contributed by atoms with E-state index >= 15 is 0 Å². The quantitative estimate of drug-likeness (QED) is 0.758. The summed E-state index contributed by atoms with van der Waals surface area (Å²) >= 11 is 0. The van der Waals surface area contributed by atoms with Gasteiger partial charge in [-0.2, -0.15) is 0 Å². The summed E-state index contributed by atoms with van der Waals surface area (Å²) in [5, 5.41) is 12.6. The summed E-state index contributed by atoms with van der Waals surface area (Å²) in [5.41, 5.74) is 3.87. The van der Waals surface area contributed by atoms with E-state index in [1.807, 2.05) is 0 Å². The van der Waals surface area contributed by atoms with Crippen molar-refractivity contribution >= 4 is 5.69 Å². The molecule has 0 aliphatic heterocycles. The molecule has 0 heterocycles. The van der Waals surface area contributed by atoms with E-state index in [2.05, 4.69) is 56.1 Å². The van der Waals surface area contributed by atoms with Crippen molar-refractivity contribution in [3.8, 4) is 0 Å². The number of aliphatic hydroxyl groups excluding tert-OH is 1. The molecule has 0 bridgehead atoms. The molecule has 0 saturated carbocycles. The molecular formula is C16H28N2O. The molecule has 1 aromatic carbocycles. The zero-order valence-electron chi connectivity index (χ0n) is 12.7. The van der Waals surface area contributed by atoms with Crippen LogP contribution >= 0.6 is 0 Å². The van der Waals surface area contributed by atoms with Crippen LogP contribution in [0.4, 0.5) is 5.69 Å². The SMILES string of the molecule is CCCN(CCO)c1ccc(CNC(C)C)c(C)c1. The van der Waals surface area contributed by atoms with Crippen LogP contribution < -0.4 is 10.2 Å². The second-order valence-corrected chi connectivity index (χ2v) is 5.36. The molecule has 0 aliphatic carbocycles. The Morgan fingerprint density at radius 1 is 1.26 bits per heavy atom. The summed E-state index contributed by atoms with van der Waals surface area (Å²) < 4.78 is 0. The first-order valence-corrected chi connectivity index (χ1v) is 7.27. The molecule has 0 atom stereocenters.